The van der Waals surface area contributed by atoms with Crippen LogP contribution < -0.4 is 0 Å². The van der Waals surface area contributed by atoms with Crippen LogP contribution in [0.5, 0.6) is 0 Å². The Morgan fingerprint density at radius 3 is 1.80 bits per heavy atom. The van der Waals surface area contributed by atoms with Crippen molar-refractivity contribution in [3.63, 3.8) is 0 Å². The third-order valence-electron chi connectivity index (χ3n) is 3.35. The van der Waals surface area contributed by atoms with Crippen molar-refractivity contribution in [1.29, 1.82) is 0 Å². The molecule has 132 valence electrons. The largest absolute Gasteiger partial charge is 0.287 e. The highest BCUT2D eigenvalue weighted by Gasteiger charge is 2.35. The van der Waals surface area contributed by atoms with Crippen LogP contribution in [0.15, 0.2) is 48.5 Å². The van der Waals surface area contributed by atoms with Gasteiger partial charge in [-0.15, -0.1) is 0 Å². The number of carbonyl (C=O) groups excluding carboxylic acids is 2. The van der Waals surface area contributed by atoms with Crippen LogP contribution in [-0.2, 0) is 0 Å². The van der Waals surface area contributed by atoms with Crippen LogP contribution in [0.25, 0.3) is 0 Å². The number of rotatable bonds is 2. The Bertz CT molecular complexity index is 771. The predicted octanol–water partition coefficient (Wildman–Crippen LogP) is 4.93. The molecule has 25 heavy (non-hydrogen) atoms. The molecule has 0 atom stereocenters. The van der Waals surface area contributed by atoms with Gasteiger partial charge in [-0.1, -0.05) is 11.6 Å². The fraction of sp³-hybridized carbons (Fsp3) is 0.222. The fourth-order valence-corrected chi connectivity index (χ4v) is 2.67. The van der Waals surface area contributed by atoms with E-state index in [2.05, 4.69) is 0 Å². The van der Waals surface area contributed by atoms with Gasteiger partial charge in [0.15, 0.2) is 0 Å². The van der Waals surface area contributed by atoms with Crippen molar-refractivity contribution < 1.29 is 14.0 Å². The highest BCUT2D eigenvalue weighted by Crippen LogP contribution is 2.24. The van der Waals surface area contributed by atoms with Crippen molar-refractivity contribution >= 4 is 35.2 Å². The minimum Gasteiger partial charge on any atom is -0.267 e. The maximum atomic E-state index is 13.0. The highest BCUT2D eigenvalue weighted by molar-refractivity contribution is 6.30. The van der Waals surface area contributed by atoms with Crippen molar-refractivity contribution in [1.82, 2.24) is 9.54 Å². The minimum atomic E-state index is -0.784. The summed E-state index contributed by atoms with van der Waals surface area (Å²) in [5, 5.41) is 1.63. The molecule has 0 spiro atoms. The van der Waals surface area contributed by atoms with Gasteiger partial charge in [-0.3, -0.25) is 9.59 Å². The Hall–Kier alpha value is -2.11. The Kier molecular flexibility index (Phi) is 5.70. The van der Waals surface area contributed by atoms with E-state index in [1.807, 2.05) is 0 Å². The average Bonchev–Trinajstić information content (AvgIpc) is 2.54. The zero-order chi connectivity index (χ0) is 18.8. The maximum Gasteiger partial charge on any atom is 0.287 e. The van der Waals surface area contributed by atoms with Gasteiger partial charge < -0.3 is 0 Å². The topological polar surface area (TPSA) is 40.6 Å². The Morgan fingerprint density at radius 2 is 1.32 bits per heavy atom. The second-order valence-electron chi connectivity index (χ2n) is 6.37. The van der Waals surface area contributed by atoms with Crippen molar-refractivity contribution in [3.8, 4) is 0 Å². The maximum absolute atomic E-state index is 13.0. The summed E-state index contributed by atoms with van der Waals surface area (Å²) < 4.78 is 13.8. The summed E-state index contributed by atoms with van der Waals surface area (Å²) >= 11 is 12.0. The number of hydrazine groups is 1. The summed E-state index contributed by atoms with van der Waals surface area (Å²) in [5.41, 5.74) is -0.292. The Balaban J connectivity index is 2.36. The zero-order valence-corrected chi connectivity index (χ0v) is 15.5. The van der Waals surface area contributed by atoms with Gasteiger partial charge in [0.05, 0.1) is 5.54 Å². The lowest BCUT2D eigenvalue weighted by Gasteiger charge is -2.39. The van der Waals surface area contributed by atoms with E-state index in [1.54, 1.807) is 45.0 Å². The van der Waals surface area contributed by atoms with E-state index in [0.717, 1.165) is 21.7 Å². The number of amides is 2. The molecule has 2 aromatic carbocycles. The number of nitrogens with zero attached hydrogens (tertiary/aromatic N) is 2. The monoisotopic (exact) mass is 382 g/mol. The fourth-order valence-electron chi connectivity index (χ4n) is 2.15. The van der Waals surface area contributed by atoms with E-state index >= 15 is 0 Å². The molecule has 0 bridgehead atoms. The number of benzene rings is 2. The molecule has 0 fully saturated rings. The molecular weight excluding hydrogens is 366 g/mol. The van der Waals surface area contributed by atoms with Crippen LogP contribution in [0.3, 0.4) is 0 Å². The summed E-state index contributed by atoms with van der Waals surface area (Å²) in [7, 11) is 0. The molecule has 0 aliphatic carbocycles. The summed E-state index contributed by atoms with van der Waals surface area (Å²) in [4.78, 5) is 25.5. The number of hydrogen-bond donors (Lipinski definition) is 0. The van der Waals surface area contributed by atoms with Gasteiger partial charge in [0.2, 0.25) is 0 Å². The van der Waals surface area contributed by atoms with E-state index in [9.17, 15) is 14.0 Å². The molecule has 0 saturated heterocycles. The summed E-state index contributed by atoms with van der Waals surface area (Å²) in [6.07, 6.45) is 0. The molecule has 0 heterocycles. The number of carbonyl (C=O) groups is 2. The van der Waals surface area contributed by atoms with Crippen LogP contribution in [0.4, 0.5) is 4.39 Å². The van der Waals surface area contributed by atoms with Crippen molar-refractivity contribution in [2.24, 2.45) is 0 Å². The van der Waals surface area contributed by atoms with Crippen LogP contribution >= 0.6 is 23.4 Å². The van der Waals surface area contributed by atoms with E-state index in [4.69, 9.17) is 23.4 Å². The van der Waals surface area contributed by atoms with E-state index in [1.165, 1.54) is 12.1 Å². The molecule has 0 aliphatic heterocycles. The second kappa shape index (κ2) is 7.42. The van der Waals surface area contributed by atoms with Crippen LogP contribution in [0.2, 0.25) is 5.02 Å². The van der Waals surface area contributed by atoms with Crippen molar-refractivity contribution in [3.05, 3.63) is 70.5 Å². The minimum absolute atomic E-state index is 0.162. The molecular formula is C18H17Cl2FN2O2. The molecule has 0 radical (unpaired) electrons. The smallest absolute Gasteiger partial charge is 0.267 e. The first-order valence-corrected chi connectivity index (χ1v) is 8.18. The first-order chi connectivity index (χ1) is 11.6. The normalized spacial score (nSPS) is 11.1. The molecule has 0 saturated carbocycles. The molecule has 0 aliphatic rings. The molecule has 2 amide bonds. The first kappa shape index (κ1) is 19.2. The third-order valence-corrected chi connectivity index (χ3v) is 3.91. The lowest BCUT2D eigenvalue weighted by atomic mass is 10.1. The van der Waals surface area contributed by atoms with E-state index in [-0.39, 0.29) is 5.56 Å². The first-order valence-electron chi connectivity index (χ1n) is 7.47. The molecule has 0 unspecified atom stereocenters. The molecule has 4 nitrogen and oxygen atoms in total. The predicted molar refractivity (Wildman–Crippen MR) is 95.8 cm³/mol. The molecule has 0 N–H and O–H groups in total. The quantitative estimate of drug-likeness (QED) is 0.545. The van der Waals surface area contributed by atoms with Crippen LogP contribution in [0, 0.1) is 5.82 Å². The average molecular weight is 383 g/mol. The molecule has 7 heteroatoms. The van der Waals surface area contributed by atoms with Gasteiger partial charge in [-0.2, -0.15) is 4.53 Å². The van der Waals surface area contributed by atoms with Crippen LogP contribution in [0.1, 0.15) is 41.5 Å². The Labute approximate surface area is 155 Å². The van der Waals surface area contributed by atoms with Gasteiger partial charge in [0.1, 0.15) is 5.82 Å². The SMILES string of the molecule is CC(C)(C)N(C(=O)c1ccc(Cl)cc1)N(Cl)C(=O)c1ccc(F)cc1. The summed E-state index contributed by atoms with van der Waals surface area (Å²) in [5.74, 6) is -1.57. The lowest BCUT2D eigenvalue weighted by Crippen LogP contribution is -2.54. The molecule has 2 aromatic rings. The lowest BCUT2D eigenvalue weighted by molar-refractivity contribution is -0.00370. The van der Waals surface area contributed by atoms with Crippen LogP contribution in [-0.4, -0.2) is 26.9 Å². The van der Waals surface area contributed by atoms with E-state index < -0.39 is 23.2 Å². The highest BCUT2D eigenvalue weighted by atomic mass is 35.5. The zero-order valence-electron chi connectivity index (χ0n) is 14.0. The second-order valence-corrected chi connectivity index (χ2v) is 7.12. The van der Waals surface area contributed by atoms with Gasteiger partial charge in [0.25, 0.3) is 11.8 Å². The summed E-state index contributed by atoms with van der Waals surface area (Å²) in [6.45, 7) is 5.23. The number of hydrogen-bond acceptors (Lipinski definition) is 2. The van der Waals surface area contributed by atoms with Gasteiger partial charge in [-0.05, 0) is 69.3 Å². The number of halogens is 3. The molecule has 0 aromatic heterocycles. The van der Waals surface area contributed by atoms with E-state index in [0.29, 0.717) is 10.6 Å². The Morgan fingerprint density at radius 1 is 0.880 bits per heavy atom. The van der Waals surface area contributed by atoms with Gasteiger partial charge in [-0.25, -0.2) is 9.40 Å². The van der Waals surface area contributed by atoms with Crippen molar-refractivity contribution in [2.45, 2.75) is 26.3 Å². The van der Waals surface area contributed by atoms with Gasteiger partial charge >= 0.3 is 0 Å². The van der Waals surface area contributed by atoms with Crippen molar-refractivity contribution in [2.75, 3.05) is 0 Å². The third kappa shape index (κ3) is 4.50. The summed E-state index contributed by atoms with van der Waals surface area (Å²) in [6, 6.07) is 11.2. The molecule has 2 rings (SSSR count). The van der Waals surface area contributed by atoms with Gasteiger partial charge in [0, 0.05) is 27.9 Å². The standard InChI is InChI=1S/C18H17Cl2FN2O2/c1-18(2,3)22(16(24)12-4-8-14(19)9-5-12)23(20)17(25)13-6-10-15(21)11-7-13/h4-11H,1-3H3.